The molecule has 2 rings (SSSR count). The van der Waals surface area contributed by atoms with Crippen molar-refractivity contribution in [2.45, 2.75) is 39.0 Å². The molecule has 4 nitrogen and oxygen atoms in total. The first-order chi connectivity index (χ1) is 8.31. The monoisotopic (exact) mass is 238 g/mol. The summed E-state index contributed by atoms with van der Waals surface area (Å²) in [6.45, 7) is 6.48. The van der Waals surface area contributed by atoms with Gasteiger partial charge in [0.05, 0.1) is 18.9 Å². The number of nitrogens with two attached hydrogens (primary N) is 1. The molecular weight excluding hydrogens is 216 g/mol. The van der Waals surface area contributed by atoms with Crippen LogP contribution in [-0.2, 0) is 17.8 Å². The molecule has 1 aromatic rings. The molecule has 0 radical (unpaired) electrons. The topological polar surface area (TPSA) is 51.6 Å². The lowest BCUT2D eigenvalue weighted by molar-refractivity contribution is 0.0703. The summed E-state index contributed by atoms with van der Waals surface area (Å²) in [5, 5.41) is 0. The second-order valence-electron chi connectivity index (χ2n) is 4.59. The second-order valence-corrected chi connectivity index (χ2v) is 4.59. The van der Waals surface area contributed by atoms with Gasteiger partial charge in [-0.1, -0.05) is 6.92 Å². The number of ether oxygens (including phenoxy) is 1. The largest absolute Gasteiger partial charge is 0.468 e. The number of nitrogens with zero attached hydrogens (tertiary/aromatic N) is 1. The summed E-state index contributed by atoms with van der Waals surface area (Å²) in [6.07, 6.45) is 4.53. The van der Waals surface area contributed by atoms with Crippen LogP contribution in [0.25, 0.3) is 0 Å². The van der Waals surface area contributed by atoms with E-state index in [1.54, 1.807) is 6.26 Å². The van der Waals surface area contributed by atoms with Crippen molar-refractivity contribution in [1.29, 1.82) is 0 Å². The van der Waals surface area contributed by atoms with Crippen LogP contribution < -0.4 is 5.73 Å². The highest BCUT2D eigenvalue weighted by Crippen LogP contribution is 2.16. The fourth-order valence-electron chi connectivity index (χ4n) is 2.22. The third-order valence-electron chi connectivity index (χ3n) is 3.26. The predicted molar refractivity (Wildman–Crippen MR) is 66.5 cm³/mol. The maximum Gasteiger partial charge on any atom is 0.118 e. The van der Waals surface area contributed by atoms with Crippen LogP contribution in [0.4, 0.5) is 0 Å². The molecule has 96 valence electrons. The highest BCUT2D eigenvalue weighted by atomic mass is 16.5. The standard InChI is InChI=1S/C13H22N2O2/c1-2-15(8-12-4-3-5-16-12)9-13-6-11(7-14)10-17-13/h6,10,12H,2-5,7-9,14H2,1H3. The van der Waals surface area contributed by atoms with E-state index in [9.17, 15) is 0 Å². The van der Waals surface area contributed by atoms with Crippen molar-refractivity contribution in [3.63, 3.8) is 0 Å². The van der Waals surface area contributed by atoms with Crippen LogP contribution in [0, 0.1) is 0 Å². The average Bonchev–Trinajstić information content (AvgIpc) is 2.99. The summed E-state index contributed by atoms with van der Waals surface area (Å²) in [6, 6.07) is 2.04. The van der Waals surface area contributed by atoms with Gasteiger partial charge in [0.15, 0.2) is 0 Å². The zero-order chi connectivity index (χ0) is 12.1. The maximum atomic E-state index is 5.66. The van der Waals surface area contributed by atoms with Crippen LogP contribution in [0.3, 0.4) is 0 Å². The Kier molecular flexibility index (Phi) is 4.59. The van der Waals surface area contributed by atoms with E-state index in [4.69, 9.17) is 14.9 Å². The van der Waals surface area contributed by atoms with E-state index in [0.29, 0.717) is 12.6 Å². The Hall–Kier alpha value is -0.840. The molecule has 17 heavy (non-hydrogen) atoms. The Morgan fingerprint density at radius 3 is 3.00 bits per heavy atom. The van der Waals surface area contributed by atoms with Gasteiger partial charge in [-0.15, -0.1) is 0 Å². The molecule has 0 aliphatic carbocycles. The summed E-state index contributed by atoms with van der Waals surface area (Å²) >= 11 is 0. The Morgan fingerprint density at radius 1 is 1.53 bits per heavy atom. The molecule has 0 bridgehead atoms. The van der Waals surface area contributed by atoms with Gasteiger partial charge in [-0.25, -0.2) is 0 Å². The molecule has 1 aromatic heterocycles. The highest BCUT2D eigenvalue weighted by Gasteiger charge is 2.19. The molecule has 0 spiro atoms. The summed E-state index contributed by atoms with van der Waals surface area (Å²) in [5.74, 6) is 0.991. The fraction of sp³-hybridized carbons (Fsp3) is 0.692. The zero-order valence-corrected chi connectivity index (χ0v) is 10.5. The summed E-state index contributed by atoms with van der Waals surface area (Å²) in [5.41, 5.74) is 6.63. The first kappa shape index (κ1) is 12.6. The van der Waals surface area contributed by atoms with Crippen molar-refractivity contribution in [2.75, 3.05) is 19.7 Å². The lowest BCUT2D eigenvalue weighted by Gasteiger charge is -2.22. The highest BCUT2D eigenvalue weighted by molar-refractivity contribution is 5.12. The maximum absolute atomic E-state index is 5.66. The molecule has 4 heteroatoms. The molecule has 1 fully saturated rings. The number of rotatable bonds is 6. The third-order valence-corrected chi connectivity index (χ3v) is 3.26. The van der Waals surface area contributed by atoms with Crippen LogP contribution >= 0.6 is 0 Å². The van der Waals surface area contributed by atoms with Crippen molar-refractivity contribution < 1.29 is 9.15 Å². The third kappa shape index (κ3) is 3.56. The van der Waals surface area contributed by atoms with Gasteiger partial charge in [0.2, 0.25) is 0 Å². The van der Waals surface area contributed by atoms with Crippen LogP contribution in [0.15, 0.2) is 16.7 Å². The minimum absolute atomic E-state index is 0.402. The van der Waals surface area contributed by atoms with Crippen molar-refractivity contribution in [3.8, 4) is 0 Å². The predicted octanol–water partition coefficient (Wildman–Crippen LogP) is 1.74. The molecule has 1 aliphatic heterocycles. The molecule has 1 aliphatic rings. The quantitative estimate of drug-likeness (QED) is 0.820. The number of hydrogen-bond donors (Lipinski definition) is 1. The molecule has 1 saturated heterocycles. The van der Waals surface area contributed by atoms with Gasteiger partial charge < -0.3 is 14.9 Å². The number of likely N-dealkylation sites (N-methyl/N-ethyl adjacent to an activating group) is 1. The molecule has 0 aromatic carbocycles. The lowest BCUT2D eigenvalue weighted by Crippen LogP contribution is -2.31. The van der Waals surface area contributed by atoms with E-state index in [0.717, 1.165) is 37.6 Å². The van der Waals surface area contributed by atoms with Gasteiger partial charge >= 0.3 is 0 Å². The molecule has 2 N–H and O–H groups in total. The van der Waals surface area contributed by atoms with E-state index in [2.05, 4.69) is 11.8 Å². The minimum atomic E-state index is 0.402. The van der Waals surface area contributed by atoms with Crippen LogP contribution in [0.1, 0.15) is 31.1 Å². The van der Waals surface area contributed by atoms with Gasteiger partial charge in [-0.05, 0) is 25.5 Å². The molecule has 0 saturated carbocycles. The van der Waals surface area contributed by atoms with Crippen LogP contribution in [0.5, 0.6) is 0 Å². The number of hydrogen-bond acceptors (Lipinski definition) is 4. The first-order valence-corrected chi connectivity index (χ1v) is 6.42. The van der Waals surface area contributed by atoms with E-state index in [1.165, 1.54) is 12.8 Å². The second kappa shape index (κ2) is 6.19. The van der Waals surface area contributed by atoms with Crippen molar-refractivity contribution in [3.05, 3.63) is 23.7 Å². The first-order valence-electron chi connectivity index (χ1n) is 6.42. The van der Waals surface area contributed by atoms with Gasteiger partial charge in [-0.3, -0.25) is 4.90 Å². The van der Waals surface area contributed by atoms with E-state index >= 15 is 0 Å². The Bertz CT molecular complexity index is 332. The smallest absolute Gasteiger partial charge is 0.118 e. The molecular formula is C13H22N2O2. The molecule has 1 atom stereocenters. The van der Waals surface area contributed by atoms with E-state index < -0.39 is 0 Å². The Morgan fingerprint density at radius 2 is 2.41 bits per heavy atom. The van der Waals surface area contributed by atoms with Gasteiger partial charge in [0.1, 0.15) is 5.76 Å². The number of furan rings is 1. The Balaban J connectivity index is 1.85. The summed E-state index contributed by atoms with van der Waals surface area (Å²) in [7, 11) is 0. The fourth-order valence-corrected chi connectivity index (χ4v) is 2.22. The SMILES string of the molecule is CCN(Cc1cc(CN)co1)CC1CCCO1. The Labute approximate surface area is 103 Å². The summed E-state index contributed by atoms with van der Waals surface area (Å²) in [4.78, 5) is 2.36. The van der Waals surface area contributed by atoms with Crippen LogP contribution in [-0.4, -0.2) is 30.7 Å². The van der Waals surface area contributed by atoms with Crippen molar-refractivity contribution >= 4 is 0 Å². The lowest BCUT2D eigenvalue weighted by atomic mass is 10.2. The van der Waals surface area contributed by atoms with E-state index in [1.807, 2.05) is 6.07 Å². The summed E-state index contributed by atoms with van der Waals surface area (Å²) < 4.78 is 11.1. The zero-order valence-electron chi connectivity index (χ0n) is 10.5. The van der Waals surface area contributed by atoms with Gasteiger partial charge in [-0.2, -0.15) is 0 Å². The van der Waals surface area contributed by atoms with E-state index in [-0.39, 0.29) is 0 Å². The minimum Gasteiger partial charge on any atom is -0.468 e. The van der Waals surface area contributed by atoms with Gasteiger partial charge in [0.25, 0.3) is 0 Å². The van der Waals surface area contributed by atoms with Crippen LogP contribution in [0.2, 0.25) is 0 Å². The van der Waals surface area contributed by atoms with Crippen molar-refractivity contribution in [1.82, 2.24) is 4.90 Å². The van der Waals surface area contributed by atoms with Gasteiger partial charge in [0, 0.05) is 25.3 Å². The molecule has 2 heterocycles. The average molecular weight is 238 g/mol. The normalized spacial score (nSPS) is 20.3. The van der Waals surface area contributed by atoms with Crippen molar-refractivity contribution in [2.24, 2.45) is 5.73 Å². The molecule has 0 amide bonds. The molecule has 1 unspecified atom stereocenters.